The first-order valence-electron chi connectivity index (χ1n) is 6.90. The van der Waals surface area contributed by atoms with Gasteiger partial charge in [0, 0.05) is 12.2 Å². The van der Waals surface area contributed by atoms with E-state index in [1.807, 2.05) is 13.0 Å². The van der Waals surface area contributed by atoms with Crippen molar-refractivity contribution in [2.24, 2.45) is 10.9 Å². The number of aromatic nitrogens is 1. The molecule has 1 aliphatic heterocycles. The number of likely N-dealkylation sites (N-methyl/N-ethyl adjacent to an activating group) is 1. The van der Waals surface area contributed by atoms with Gasteiger partial charge in [0.2, 0.25) is 5.88 Å². The SMILES string of the molecule is Cc1ccnc(OCC2CCCCN2C)c1/C(N)=N/O. The highest BCUT2D eigenvalue weighted by Crippen LogP contribution is 2.21. The van der Waals surface area contributed by atoms with Crippen LogP contribution in [0.4, 0.5) is 0 Å². The van der Waals surface area contributed by atoms with Gasteiger partial charge in [-0.2, -0.15) is 0 Å². The molecule has 1 fully saturated rings. The third kappa shape index (κ3) is 3.19. The van der Waals surface area contributed by atoms with E-state index in [0.29, 0.717) is 24.1 Å². The van der Waals surface area contributed by atoms with Crippen LogP contribution in [0.1, 0.15) is 30.4 Å². The molecule has 1 unspecified atom stereocenters. The Labute approximate surface area is 119 Å². The van der Waals surface area contributed by atoms with Crippen LogP contribution >= 0.6 is 0 Å². The summed E-state index contributed by atoms with van der Waals surface area (Å²) in [6, 6.07) is 2.21. The molecular formula is C14H22N4O2. The van der Waals surface area contributed by atoms with Crippen LogP contribution in [-0.2, 0) is 0 Å². The van der Waals surface area contributed by atoms with Crippen LogP contribution in [0.2, 0.25) is 0 Å². The van der Waals surface area contributed by atoms with Crippen molar-refractivity contribution < 1.29 is 9.94 Å². The van der Waals surface area contributed by atoms with E-state index in [9.17, 15) is 0 Å². The predicted octanol–water partition coefficient (Wildman–Crippen LogP) is 1.35. The second-order valence-corrected chi connectivity index (χ2v) is 5.23. The molecular weight excluding hydrogens is 256 g/mol. The number of ether oxygens (including phenoxy) is 1. The third-order valence-corrected chi connectivity index (χ3v) is 3.82. The number of hydrogen-bond acceptors (Lipinski definition) is 5. The normalized spacial score (nSPS) is 20.9. The molecule has 20 heavy (non-hydrogen) atoms. The van der Waals surface area contributed by atoms with Gasteiger partial charge in [-0.3, -0.25) is 0 Å². The zero-order chi connectivity index (χ0) is 14.5. The molecule has 110 valence electrons. The van der Waals surface area contributed by atoms with Crippen LogP contribution in [0.25, 0.3) is 0 Å². The van der Waals surface area contributed by atoms with E-state index < -0.39 is 0 Å². The van der Waals surface area contributed by atoms with Crippen LogP contribution in [0, 0.1) is 6.92 Å². The van der Waals surface area contributed by atoms with Gasteiger partial charge >= 0.3 is 0 Å². The Balaban J connectivity index is 2.11. The number of hydrogen-bond donors (Lipinski definition) is 2. The second-order valence-electron chi connectivity index (χ2n) is 5.23. The Morgan fingerprint density at radius 1 is 1.60 bits per heavy atom. The lowest BCUT2D eigenvalue weighted by atomic mass is 10.0. The number of rotatable bonds is 4. The molecule has 1 saturated heterocycles. The number of oxime groups is 1. The maximum atomic E-state index is 8.87. The van der Waals surface area contributed by atoms with Crippen molar-refractivity contribution in [3.63, 3.8) is 0 Å². The Morgan fingerprint density at radius 3 is 3.10 bits per heavy atom. The monoisotopic (exact) mass is 278 g/mol. The molecule has 0 bridgehead atoms. The first-order chi connectivity index (χ1) is 9.63. The molecule has 2 rings (SSSR count). The minimum atomic E-state index is 0.0302. The Kier molecular flexibility index (Phi) is 4.79. The molecule has 0 radical (unpaired) electrons. The average Bonchev–Trinajstić information content (AvgIpc) is 2.46. The van der Waals surface area contributed by atoms with Crippen molar-refractivity contribution >= 4 is 5.84 Å². The highest BCUT2D eigenvalue weighted by Gasteiger charge is 2.21. The van der Waals surface area contributed by atoms with E-state index in [1.54, 1.807) is 6.20 Å². The Bertz CT molecular complexity index is 490. The van der Waals surface area contributed by atoms with Gasteiger partial charge < -0.3 is 20.6 Å². The average molecular weight is 278 g/mol. The highest BCUT2D eigenvalue weighted by molar-refractivity contribution is 6.00. The molecule has 6 heteroatoms. The molecule has 6 nitrogen and oxygen atoms in total. The van der Waals surface area contributed by atoms with E-state index in [2.05, 4.69) is 22.1 Å². The molecule has 1 aromatic heterocycles. The lowest BCUT2D eigenvalue weighted by molar-refractivity contribution is 0.122. The van der Waals surface area contributed by atoms with Gasteiger partial charge in [-0.05, 0) is 45.0 Å². The number of amidine groups is 1. The van der Waals surface area contributed by atoms with Gasteiger partial charge in [0.25, 0.3) is 0 Å². The van der Waals surface area contributed by atoms with Gasteiger partial charge in [-0.25, -0.2) is 4.98 Å². The van der Waals surface area contributed by atoms with E-state index in [4.69, 9.17) is 15.7 Å². The van der Waals surface area contributed by atoms with Crippen LogP contribution in [0.3, 0.4) is 0 Å². The molecule has 0 aromatic carbocycles. The fraction of sp³-hybridized carbons (Fsp3) is 0.571. The number of likely N-dealkylation sites (tertiary alicyclic amines) is 1. The summed E-state index contributed by atoms with van der Waals surface area (Å²) in [5.41, 5.74) is 7.14. The Hall–Kier alpha value is -1.82. The molecule has 1 aromatic rings. The second kappa shape index (κ2) is 6.56. The first-order valence-corrected chi connectivity index (χ1v) is 6.90. The third-order valence-electron chi connectivity index (χ3n) is 3.82. The van der Waals surface area contributed by atoms with Gasteiger partial charge in [-0.1, -0.05) is 11.6 Å². The van der Waals surface area contributed by atoms with Gasteiger partial charge in [0.05, 0.1) is 5.56 Å². The summed E-state index contributed by atoms with van der Waals surface area (Å²) < 4.78 is 5.83. The van der Waals surface area contributed by atoms with E-state index in [1.165, 1.54) is 12.8 Å². The van der Waals surface area contributed by atoms with Gasteiger partial charge in [-0.15, -0.1) is 0 Å². The molecule has 2 heterocycles. The van der Waals surface area contributed by atoms with Crippen LogP contribution in [-0.4, -0.2) is 47.2 Å². The van der Waals surface area contributed by atoms with Gasteiger partial charge in [0.1, 0.15) is 6.61 Å². The zero-order valence-corrected chi connectivity index (χ0v) is 12.0. The largest absolute Gasteiger partial charge is 0.475 e. The maximum absolute atomic E-state index is 8.87. The number of aryl methyl sites for hydroxylation is 1. The summed E-state index contributed by atoms with van der Waals surface area (Å²) in [6.07, 6.45) is 5.27. The van der Waals surface area contributed by atoms with Crippen LogP contribution < -0.4 is 10.5 Å². The van der Waals surface area contributed by atoms with Crippen LogP contribution in [0.5, 0.6) is 5.88 Å². The molecule has 1 aliphatic rings. The summed E-state index contributed by atoms with van der Waals surface area (Å²) in [5, 5.41) is 11.9. The number of nitrogens with two attached hydrogens (primary N) is 1. The molecule has 0 aliphatic carbocycles. The maximum Gasteiger partial charge on any atom is 0.224 e. The van der Waals surface area contributed by atoms with Crippen molar-refractivity contribution in [2.45, 2.75) is 32.2 Å². The summed E-state index contributed by atoms with van der Waals surface area (Å²) >= 11 is 0. The molecule has 0 saturated carbocycles. The smallest absolute Gasteiger partial charge is 0.224 e. The molecule has 1 atom stereocenters. The fourth-order valence-electron chi connectivity index (χ4n) is 2.53. The predicted molar refractivity (Wildman–Crippen MR) is 77.2 cm³/mol. The minimum absolute atomic E-state index is 0.0302. The molecule has 0 amide bonds. The standard InChI is InChI=1S/C14H22N4O2/c1-10-6-7-16-14(12(10)13(15)17-19)20-9-11-5-3-4-8-18(11)2/h6-7,11,19H,3-5,8-9H2,1-2H3,(H2,15,17). The molecule has 0 spiro atoms. The summed E-state index contributed by atoms with van der Waals surface area (Å²) in [5.74, 6) is 0.460. The summed E-state index contributed by atoms with van der Waals surface area (Å²) in [6.45, 7) is 3.55. The molecule has 3 N–H and O–H groups in total. The van der Waals surface area contributed by atoms with Crippen molar-refractivity contribution in [2.75, 3.05) is 20.2 Å². The Morgan fingerprint density at radius 2 is 2.40 bits per heavy atom. The van der Waals surface area contributed by atoms with Crippen molar-refractivity contribution in [1.82, 2.24) is 9.88 Å². The summed E-state index contributed by atoms with van der Waals surface area (Å²) in [4.78, 5) is 6.51. The fourth-order valence-corrected chi connectivity index (χ4v) is 2.53. The number of nitrogens with zero attached hydrogens (tertiary/aromatic N) is 3. The lowest BCUT2D eigenvalue weighted by Crippen LogP contribution is -2.40. The minimum Gasteiger partial charge on any atom is -0.475 e. The lowest BCUT2D eigenvalue weighted by Gasteiger charge is -2.32. The van der Waals surface area contributed by atoms with E-state index in [-0.39, 0.29) is 5.84 Å². The highest BCUT2D eigenvalue weighted by atomic mass is 16.5. The number of pyridine rings is 1. The summed E-state index contributed by atoms with van der Waals surface area (Å²) in [7, 11) is 2.11. The first kappa shape index (κ1) is 14.6. The van der Waals surface area contributed by atoms with E-state index >= 15 is 0 Å². The zero-order valence-electron chi connectivity index (χ0n) is 12.0. The van der Waals surface area contributed by atoms with Crippen molar-refractivity contribution in [3.05, 3.63) is 23.4 Å². The topological polar surface area (TPSA) is 84.0 Å². The quantitative estimate of drug-likeness (QED) is 0.376. The number of piperidine rings is 1. The van der Waals surface area contributed by atoms with E-state index in [0.717, 1.165) is 18.5 Å². The van der Waals surface area contributed by atoms with Gasteiger partial charge in [0.15, 0.2) is 5.84 Å². The van der Waals surface area contributed by atoms with Crippen molar-refractivity contribution in [3.8, 4) is 5.88 Å². The van der Waals surface area contributed by atoms with Crippen molar-refractivity contribution in [1.29, 1.82) is 0 Å². The van der Waals surface area contributed by atoms with Crippen LogP contribution in [0.15, 0.2) is 17.4 Å².